The maximum Gasteiger partial charge on any atom is 0.346 e. The molecule has 444 valence electrons. The molecule has 36 nitrogen and oxygen atoms in total. The van der Waals surface area contributed by atoms with Gasteiger partial charge in [0.1, 0.15) is 40.7 Å². The average molecular weight is 1430 g/mol. The molecule has 9 rings (SSSR count). The Balaban J connectivity index is 0.000000473. The van der Waals surface area contributed by atoms with Gasteiger partial charge in [-0.1, -0.05) is 33.5 Å². The second kappa shape index (κ2) is 37.2. The molecule has 25 N–H and O–H groups in total. The molecule has 0 fully saturated rings. The summed E-state index contributed by atoms with van der Waals surface area (Å²) in [6.07, 6.45) is 12.5. The Bertz CT molecular complexity index is 4070. The van der Waals surface area contributed by atoms with E-state index in [0.717, 1.165) is 15.3 Å². The fourth-order valence-corrected chi connectivity index (χ4v) is 4.93. The summed E-state index contributed by atoms with van der Waals surface area (Å²) in [4.78, 5) is 163. The SMILES string of the molecule is CC#Cc1cnc(=O)[nH]c1N.Cc1cnc(=O)[nH]c1N.Nc1[nH]c(=O)ncc1Br.Nc1[nH]c(=O)ncc1Cl.Nc1[nH]c(=O)ncc1F.Nc1[nH]c(=O)ncc1I.Nc1ccnc(=O)[nH]1.O=c1[nH]cc(C=CBr)c(=O)[nH]1.O=c1[nH]cc(F)c(=O)[nH]1. The molecule has 42 heteroatoms. The minimum atomic E-state index is -1.00. The first kappa shape index (κ1) is 71.3. The highest BCUT2D eigenvalue weighted by atomic mass is 127. The number of anilines is 7. The van der Waals surface area contributed by atoms with Crippen molar-refractivity contribution in [3.05, 3.63) is 223 Å². The Morgan fingerprint density at radius 1 is 0.536 bits per heavy atom. The summed E-state index contributed by atoms with van der Waals surface area (Å²) in [6.45, 7) is 3.46. The molecule has 0 bridgehead atoms. The second-order valence-corrected chi connectivity index (χ2v) is 17.0. The van der Waals surface area contributed by atoms with Crippen LogP contribution in [0, 0.1) is 34.0 Å². The lowest BCUT2D eigenvalue weighted by molar-refractivity contribution is 0.597. The van der Waals surface area contributed by atoms with Gasteiger partial charge in [0.2, 0.25) is 5.82 Å². The topological polar surface area (TPSA) is 634 Å². The normalized spacial score (nSPS) is 9.43. The number of halogens is 6. The zero-order valence-corrected chi connectivity index (χ0v) is 48.4. The van der Waals surface area contributed by atoms with Gasteiger partial charge in [-0.2, -0.15) is 9.37 Å². The molecule has 9 aromatic heterocycles. The first-order chi connectivity index (χ1) is 39.5. The van der Waals surface area contributed by atoms with E-state index in [2.05, 4.69) is 118 Å². The zero-order valence-electron chi connectivity index (χ0n) is 42.4. The van der Waals surface area contributed by atoms with Crippen LogP contribution in [0.3, 0.4) is 0 Å². The number of hydrogen-bond acceptors (Lipinski definition) is 25. The van der Waals surface area contributed by atoms with Crippen LogP contribution >= 0.6 is 66.1 Å². The van der Waals surface area contributed by atoms with Gasteiger partial charge in [0.25, 0.3) is 11.1 Å². The van der Waals surface area contributed by atoms with Gasteiger partial charge < -0.3 is 50.1 Å². The molecule has 0 aliphatic rings. The molecule has 9 heterocycles. The van der Waals surface area contributed by atoms with Gasteiger partial charge in [0.05, 0.1) is 49.0 Å². The Hall–Kier alpha value is -10.7. The molecule has 0 spiro atoms. The molecular formula is C42H43Br2ClF2IN25O11. The number of hydrogen-bond donors (Lipinski definition) is 18. The molecule has 0 aliphatic carbocycles. The molecule has 0 amide bonds. The van der Waals surface area contributed by atoms with E-state index in [-0.39, 0.29) is 22.5 Å². The van der Waals surface area contributed by atoms with Crippen LogP contribution < -0.4 is 102 Å². The Labute approximate surface area is 497 Å². The highest BCUT2D eigenvalue weighted by molar-refractivity contribution is 14.1. The van der Waals surface area contributed by atoms with Crippen molar-refractivity contribution in [2.75, 3.05) is 40.1 Å². The van der Waals surface area contributed by atoms with Crippen molar-refractivity contribution < 1.29 is 8.78 Å². The lowest BCUT2D eigenvalue weighted by atomic mass is 10.3. The van der Waals surface area contributed by atoms with E-state index in [0.29, 0.717) is 45.1 Å². The number of nitrogens with one attached hydrogen (secondary N) is 11. The molecule has 0 radical (unpaired) electrons. The highest BCUT2D eigenvalue weighted by Crippen LogP contribution is 2.11. The van der Waals surface area contributed by atoms with Gasteiger partial charge in [-0.3, -0.25) is 54.4 Å². The minimum Gasteiger partial charge on any atom is -0.385 e. The van der Waals surface area contributed by atoms with Crippen molar-refractivity contribution in [1.82, 2.24) is 89.7 Å². The van der Waals surface area contributed by atoms with Crippen LogP contribution in [0.15, 0.2) is 124 Å². The summed E-state index contributed by atoms with van der Waals surface area (Å²) < 4.78 is 25.5. The number of rotatable bonds is 1. The fourth-order valence-electron chi connectivity index (χ4n) is 4.07. The quantitative estimate of drug-likeness (QED) is 0.0620. The molecule has 0 saturated heterocycles. The average Bonchev–Trinajstić information content (AvgIpc) is 3.47. The van der Waals surface area contributed by atoms with Crippen LogP contribution in [0.1, 0.15) is 23.6 Å². The molecular weight excluding hydrogens is 1390 g/mol. The van der Waals surface area contributed by atoms with Crippen molar-refractivity contribution in [3.8, 4) is 11.8 Å². The van der Waals surface area contributed by atoms with E-state index < -0.39 is 74.0 Å². The first-order valence-electron chi connectivity index (χ1n) is 21.4. The molecule has 0 aromatic carbocycles. The molecule has 84 heavy (non-hydrogen) atoms. The van der Waals surface area contributed by atoms with Crippen LogP contribution in [0.4, 0.5) is 49.5 Å². The molecule has 0 atom stereocenters. The summed E-state index contributed by atoms with van der Waals surface area (Å²) in [7, 11) is 0. The molecule has 0 saturated carbocycles. The monoisotopic (exact) mass is 1430 g/mol. The largest absolute Gasteiger partial charge is 0.385 e. The van der Waals surface area contributed by atoms with Crippen molar-refractivity contribution >= 4 is 113 Å². The van der Waals surface area contributed by atoms with Crippen LogP contribution in [0.5, 0.6) is 0 Å². The third-order valence-corrected chi connectivity index (χ3v) is 9.94. The smallest absolute Gasteiger partial charge is 0.346 e. The third kappa shape index (κ3) is 29.5. The Kier molecular flexibility index (Phi) is 31.6. The third-order valence-electron chi connectivity index (χ3n) is 7.88. The summed E-state index contributed by atoms with van der Waals surface area (Å²) in [5.41, 5.74) is 32.5. The van der Waals surface area contributed by atoms with Crippen molar-refractivity contribution in [2.24, 2.45) is 0 Å². The van der Waals surface area contributed by atoms with E-state index in [4.69, 9.17) is 51.7 Å². The summed E-state index contributed by atoms with van der Waals surface area (Å²) >= 11 is 13.5. The van der Waals surface area contributed by atoms with Crippen LogP contribution in [-0.2, 0) is 0 Å². The van der Waals surface area contributed by atoms with Crippen molar-refractivity contribution in [3.63, 3.8) is 0 Å². The zero-order chi connectivity index (χ0) is 63.6. The minimum absolute atomic E-state index is 0.150. The number of nitrogens with two attached hydrogens (primary N) is 7. The first-order valence-corrected chi connectivity index (χ1v) is 24.6. The van der Waals surface area contributed by atoms with Gasteiger partial charge in [-0.15, -0.1) is 5.92 Å². The Morgan fingerprint density at radius 3 is 1.39 bits per heavy atom. The van der Waals surface area contributed by atoms with Gasteiger partial charge in [0, 0.05) is 36.5 Å². The number of nitrogen functional groups attached to an aromatic ring is 7. The van der Waals surface area contributed by atoms with Crippen LogP contribution in [0.2, 0.25) is 5.02 Å². The van der Waals surface area contributed by atoms with Gasteiger partial charge >= 0.3 is 51.2 Å². The predicted octanol–water partition coefficient (Wildman–Crippen LogP) is -2.06. The van der Waals surface area contributed by atoms with E-state index in [9.17, 15) is 61.5 Å². The maximum absolute atomic E-state index is 12.1. The van der Waals surface area contributed by atoms with E-state index in [1.165, 1.54) is 60.5 Å². The number of aryl methyl sites for hydroxylation is 1. The number of aromatic amines is 11. The highest BCUT2D eigenvalue weighted by Gasteiger charge is 1.99. The van der Waals surface area contributed by atoms with Crippen molar-refractivity contribution in [1.29, 1.82) is 0 Å². The molecule has 0 aliphatic heterocycles. The lowest BCUT2D eigenvalue weighted by Gasteiger charge is -1.93. The lowest BCUT2D eigenvalue weighted by Crippen LogP contribution is -2.23. The van der Waals surface area contributed by atoms with Gasteiger partial charge in [-0.25, -0.2) is 77.4 Å². The maximum atomic E-state index is 12.1. The van der Waals surface area contributed by atoms with E-state index in [1.54, 1.807) is 18.8 Å². The second-order valence-electron chi connectivity index (χ2n) is 14.0. The molecule has 9 aromatic rings. The molecule has 0 unspecified atom stereocenters. The predicted molar refractivity (Wildman–Crippen MR) is 321 cm³/mol. The number of aromatic nitrogens is 18. The fraction of sp³-hybridized carbons (Fsp3) is 0.0476. The van der Waals surface area contributed by atoms with Crippen LogP contribution in [-0.4, -0.2) is 89.7 Å². The standard InChI is InChI=1S/C7H7N3O.C6H5BrN2O2.C5H7N3O.C4H4BrN3O.C4H4ClN3O.C4H4FN3O.C4H3FN2O2.C4H4IN3O.C4H5N3O/c1-2-3-5-4-9-7(11)10-6(5)8;7-2-1-4-3-8-6(11)9-5(4)10;1-3-2-7-5(9)8-4(3)6;3*5-2-1-7-4(9)8-3(2)6;5-2-1-6-4(9)7-3(2)8;5-2-1-7-4(9)8-3(2)6;5-3-1-2-6-4(8)7-3/h4H,1H3,(H3,8,9,10,11);1-3H,(H2,8,9,10,11);2H,1H3,(H3,6,7,8,9);3*1H,(H3,6,7,8,9);1H,(H2,6,7,8,9);1H,(H3,6,7,8,9);1-2H,(H3,5,6,7,8). The van der Waals surface area contributed by atoms with E-state index >= 15 is 0 Å². The van der Waals surface area contributed by atoms with Crippen molar-refractivity contribution in [2.45, 2.75) is 13.8 Å². The summed E-state index contributed by atoms with van der Waals surface area (Å²) in [5.74, 6) is 5.17. The number of H-pyrrole nitrogens is 11. The Morgan fingerprint density at radius 2 is 1.00 bits per heavy atom. The summed E-state index contributed by atoms with van der Waals surface area (Å²) in [5, 5.41) is 0.259. The number of nitrogens with zero attached hydrogens (tertiary/aromatic N) is 7. The van der Waals surface area contributed by atoms with Gasteiger partial charge in [0.15, 0.2) is 5.82 Å². The summed E-state index contributed by atoms with van der Waals surface area (Å²) in [6, 6.07) is 1.52. The van der Waals surface area contributed by atoms with E-state index in [1.807, 2.05) is 32.6 Å². The van der Waals surface area contributed by atoms with Crippen LogP contribution in [0.25, 0.3) is 6.08 Å². The van der Waals surface area contributed by atoms with Gasteiger partial charge in [-0.05, 0) is 69.5 Å².